The van der Waals surface area contributed by atoms with Gasteiger partial charge in [0.15, 0.2) is 0 Å². The van der Waals surface area contributed by atoms with Crippen LogP contribution in [-0.4, -0.2) is 124 Å². The fourth-order valence-electron chi connectivity index (χ4n) is 8.28. The van der Waals surface area contributed by atoms with E-state index in [0.717, 1.165) is 11.1 Å². The van der Waals surface area contributed by atoms with Gasteiger partial charge in [0.2, 0.25) is 11.7 Å². The van der Waals surface area contributed by atoms with Crippen LogP contribution in [0.3, 0.4) is 0 Å². The van der Waals surface area contributed by atoms with Gasteiger partial charge in [-0.3, -0.25) is 24.1 Å². The van der Waals surface area contributed by atoms with E-state index in [1.807, 2.05) is 78.6 Å². The molecular formula is C55H70F2N4O12. The maximum atomic E-state index is 15.9. The van der Waals surface area contributed by atoms with Crippen LogP contribution in [0.4, 0.5) is 13.6 Å². The highest BCUT2D eigenvalue weighted by Crippen LogP contribution is 2.30. The van der Waals surface area contributed by atoms with E-state index in [2.05, 4.69) is 16.0 Å². The monoisotopic (exact) mass is 1020 g/mol. The minimum absolute atomic E-state index is 0.0682. The van der Waals surface area contributed by atoms with Crippen molar-refractivity contribution in [3.05, 3.63) is 138 Å². The van der Waals surface area contributed by atoms with Gasteiger partial charge in [-0.15, -0.1) is 0 Å². The summed E-state index contributed by atoms with van der Waals surface area (Å²) >= 11 is 0. The summed E-state index contributed by atoms with van der Waals surface area (Å²) in [5.41, 5.74) is 2.94. The van der Waals surface area contributed by atoms with Gasteiger partial charge in [-0.05, 0) is 59.1 Å². The molecule has 2 aliphatic heterocycles. The van der Waals surface area contributed by atoms with Crippen LogP contribution < -0.4 is 20.7 Å². The molecule has 18 heteroatoms. The predicted octanol–water partition coefficient (Wildman–Crippen LogP) is 5.67. The molecule has 2 fully saturated rings. The maximum Gasteiger partial charge on any atom is 0.408 e. The molecule has 0 radical (unpaired) electrons. The number of amides is 3. The average molecular weight is 1020 g/mol. The Morgan fingerprint density at radius 2 is 1.29 bits per heavy atom. The number of fused-ring (bicyclic) bond motifs is 1. The van der Waals surface area contributed by atoms with Crippen molar-refractivity contribution in [1.29, 1.82) is 0 Å². The topological polar surface area (TPSA) is 222 Å². The number of aliphatic hydroxyl groups excluding tert-OH is 3. The van der Waals surface area contributed by atoms with Gasteiger partial charge in [0, 0.05) is 25.9 Å². The molecule has 0 aliphatic carbocycles. The number of alkyl carbamates (subject to hydrolysis) is 1. The van der Waals surface area contributed by atoms with E-state index >= 15 is 8.78 Å². The van der Waals surface area contributed by atoms with Crippen molar-refractivity contribution in [2.24, 2.45) is 11.8 Å². The number of halogens is 2. The van der Waals surface area contributed by atoms with Crippen LogP contribution in [0.15, 0.2) is 115 Å². The van der Waals surface area contributed by atoms with E-state index in [4.69, 9.17) is 18.9 Å². The zero-order chi connectivity index (χ0) is 53.1. The first kappa shape index (κ1) is 57.6. The standard InChI is InChI=1S/C43H49F2N3O7.C12H21NO5/c1-29(2)37(28-53-25-32-14-8-5-9-15-32)47-41(51)43(44,45)39(49)36(24-31-20-22-35(23-21-31)54-26-33-16-10-6-11-17-33)46-40(50)38(30(3)4)48-42(52)55-27-34-18-12-7-13-19-34;1-2-3-9(15)18-8-6-13-5-4-7(14)10(13)12(17)11(8)16/h5-23,29-30,36-38H,24-28H2,1-4H3,(H,46,50)(H,47,51)(H,48,52);7-8,10-12,14,16-17H,2-6H2,1H3/t36?,37-,38-;7-,8-,10+,11+,12+/m00/s1. The number of carbonyl (C=O) groups is 5. The van der Waals surface area contributed by atoms with Crippen molar-refractivity contribution in [1.82, 2.24) is 20.9 Å². The molecule has 6 N–H and O–H groups in total. The van der Waals surface area contributed by atoms with Crippen LogP contribution in [0.25, 0.3) is 0 Å². The van der Waals surface area contributed by atoms with Gasteiger partial charge in [0.1, 0.15) is 43.3 Å². The Labute approximate surface area is 425 Å². The van der Waals surface area contributed by atoms with E-state index in [9.17, 15) is 39.3 Å². The summed E-state index contributed by atoms with van der Waals surface area (Å²) in [6.45, 7) is 9.99. The third-order valence-corrected chi connectivity index (χ3v) is 12.6. The van der Waals surface area contributed by atoms with Gasteiger partial charge < -0.3 is 50.2 Å². The molecule has 4 aromatic rings. The van der Waals surface area contributed by atoms with Crippen LogP contribution in [0.2, 0.25) is 0 Å². The van der Waals surface area contributed by atoms with E-state index in [-0.39, 0.29) is 38.1 Å². The number of aliphatic hydroxyl groups is 3. The van der Waals surface area contributed by atoms with Crippen molar-refractivity contribution >= 4 is 29.7 Å². The predicted molar refractivity (Wildman–Crippen MR) is 267 cm³/mol. The summed E-state index contributed by atoms with van der Waals surface area (Å²) < 4.78 is 53.8. The summed E-state index contributed by atoms with van der Waals surface area (Å²) in [7, 11) is 0. The van der Waals surface area contributed by atoms with Gasteiger partial charge in [-0.2, -0.15) is 8.78 Å². The summed E-state index contributed by atoms with van der Waals surface area (Å²) in [6, 6.07) is 29.6. The fourth-order valence-corrected chi connectivity index (χ4v) is 8.28. The number of ether oxygens (including phenoxy) is 4. The van der Waals surface area contributed by atoms with E-state index in [1.165, 1.54) is 0 Å². The number of benzene rings is 4. The van der Waals surface area contributed by atoms with Gasteiger partial charge >= 0.3 is 18.0 Å². The Hall–Kier alpha value is -6.31. The lowest BCUT2D eigenvalue weighted by Gasteiger charge is -2.42. The SMILES string of the molecule is CC(C)[C@H](COCc1ccccc1)NC(=O)C(F)(F)C(=O)C(Cc1ccc(OCc2ccccc2)cc1)NC(=O)[C@@H](NC(=O)OCc1ccccc1)C(C)C.CCCC(=O)O[C@H]1CN2CC[C@H](O)[C@@H]2[C@@H](O)[C@@H]1O. The van der Waals surface area contributed by atoms with Crippen molar-refractivity contribution in [3.8, 4) is 5.75 Å². The Morgan fingerprint density at radius 3 is 1.85 bits per heavy atom. The number of hydrogen-bond donors (Lipinski definition) is 6. The van der Waals surface area contributed by atoms with Gasteiger partial charge in [-0.1, -0.05) is 138 Å². The minimum Gasteiger partial charge on any atom is -0.489 e. The number of hydrogen-bond acceptors (Lipinski definition) is 13. The van der Waals surface area contributed by atoms with Crippen LogP contribution in [0, 0.1) is 11.8 Å². The first-order valence-electron chi connectivity index (χ1n) is 24.7. The smallest absolute Gasteiger partial charge is 0.408 e. The average Bonchev–Trinajstić information content (AvgIpc) is 3.75. The van der Waals surface area contributed by atoms with E-state index in [0.29, 0.717) is 55.8 Å². The molecule has 396 valence electrons. The molecule has 0 spiro atoms. The second-order valence-corrected chi connectivity index (χ2v) is 19.0. The van der Waals surface area contributed by atoms with Crippen molar-refractivity contribution in [3.63, 3.8) is 0 Å². The van der Waals surface area contributed by atoms with Crippen LogP contribution >= 0.6 is 0 Å². The summed E-state index contributed by atoms with van der Waals surface area (Å²) in [5, 5.41) is 36.9. The molecule has 73 heavy (non-hydrogen) atoms. The first-order valence-corrected chi connectivity index (χ1v) is 24.7. The lowest BCUT2D eigenvalue weighted by atomic mass is 9.93. The highest BCUT2D eigenvalue weighted by Gasteiger charge is 2.52. The highest BCUT2D eigenvalue weighted by molar-refractivity contribution is 6.10. The van der Waals surface area contributed by atoms with E-state index < -0.39 is 84.1 Å². The Kier molecular flexibility index (Phi) is 22.3. The van der Waals surface area contributed by atoms with Crippen molar-refractivity contribution in [2.45, 2.75) is 135 Å². The lowest BCUT2D eigenvalue weighted by Crippen LogP contribution is -2.62. The number of Topliss-reactive ketones (excluding diaryl/α,β-unsaturated/α-hetero) is 1. The van der Waals surface area contributed by atoms with Crippen molar-refractivity contribution in [2.75, 3.05) is 19.7 Å². The highest BCUT2D eigenvalue weighted by atomic mass is 19.3. The van der Waals surface area contributed by atoms with Crippen LogP contribution in [0.5, 0.6) is 5.75 Å². The normalized spacial score (nSPS) is 19.8. The minimum atomic E-state index is -4.54. The number of esters is 1. The van der Waals surface area contributed by atoms with Crippen LogP contribution in [-0.2, 0) is 59.6 Å². The van der Waals surface area contributed by atoms with Crippen LogP contribution in [0.1, 0.15) is 76.1 Å². The lowest BCUT2D eigenvalue weighted by molar-refractivity contribution is -0.179. The molecule has 6 rings (SSSR count). The zero-order valence-electron chi connectivity index (χ0n) is 42.0. The first-order chi connectivity index (χ1) is 34.9. The number of rotatable bonds is 23. The van der Waals surface area contributed by atoms with Gasteiger partial charge in [-0.25, -0.2) is 4.79 Å². The molecule has 2 aliphatic rings. The zero-order valence-corrected chi connectivity index (χ0v) is 42.0. The fraction of sp³-hybridized carbons (Fsp3) is 0.473. The molecule has 2 saturated heterocycles. The molecule has 4 aromatic carbocycles. The summed E-state index contributed by atoms with van der Waals surface area (Å²) in [5.74, 6) is -9.78. The molecule has 8 atom stereocenters. The molecular weight excluding hydrogens is 947 g/mol. The maximum absolute atomic E-state index is 15.9. The Bertz CT molecular complexity index is 2350. The molecule has 0 saturated carbocycles. The van der Waals surface area contributed by atoms with E-state index in [1.54, 1.807) is 76.2 Å². The second-order valence-electron chi connectivity index (χ2n) is 19.0. The van der Waals surface area contributed by atoms with Gasteiger partial charge in [0.05, 0.1) is 37.4 Å². The van der Waals surface area contributed by atoms with Gasteiger partial charge in [0.25, 0.3) is 5.91 Å². The summed E-state index contributed by atoms with van der Waals surface area (Å²) in [6.07, 6.45) is -3.25. The molecule has 1 unspecified atom stereocenters. The molecule has 2 heterocycles. The van der Waals surface area contributed by atoms with Crippen molar-refractivity contribution < 1.29 is 67.0 Å². The quantitative estimate of drug-likeness (QED) is 0.0390. The number of alkyl halides is 2. The number of nitrogens with one attached hydrogen (secondary N) is 3. The number of ketones is 1. The molecule has 0 bridgehead atoms. The molecule has 0 aromatic heterocycles. The third-order valence-electron chi connectivity index (χ3n) is 12.6. The number of nitrogens with zero attached hydrogens (tertiary/aromatic N) is 1. The number of carbonyl (C=O) groups excluding carboxylic acids is 5. The molecule has 3 amide bonds. The Morgan fingerprint density at radius 1 is 0.712 bits per heavy atom. The molecule has 16 nitrogen and oxygen atoms in total. The second kappa shape index (κ2) is 28.2. The summed E-state index contributed by atoms with van der Waals surface area (Å²) in [4.78, 5) is 66.6. The third kappa shape index (κ3) is 17.4. The number of piperidine rings is 1. The Balaban J connectivity index is 0.000000458. The largest absolute Gasteiger partial charge is 0.489 e.